The van der Waals surface area contributed by atoms with Crippen molar-refractivity contribution in [3.8, 4) is 11.8 Å². The second kappa shape index (κ2) is 10.6. The molecule has 0 aliphatic heterocycles. The van der Waals surface area contributed by atoms with Crippen LogP contribution in [0.4, 0.5) is 0 Å². The molecule has 3 atom stereocenters. The lowest BCUT2D eigenvalue weighted by Gasteiger charge is -2.27. The second-order valence-corrected chi connectivity index (χ2v) is 8.47. The van der Waals surface area contributed by atoms with Gasteiger partial charge in [0, 0.05) is 11.5 Å². The molecule has 29 heavy (non-hydrogen) atoms. The van der Waals surface area contributed by atoms with E-state index in [9.17, 15) is 15.3 Å². The highest BCUT2D eigenvalue weighted by atomic mass is 16.3. The highest BCUT2D eigenvalue weighted by molar-refractivity contribution is 5.44. The zero-order valence-electron chi connectivity index (χ0n) is 17.9. The first-order valence-electron chi connectivity index (χ1n) is 10.4. The number of rotatable bonds is 6. The topological polar surface area (TPSA) is 60.7 Å². The van der Waals surface area contributed by atoms with Crippen LogP contribution in [-0.4, -0.2) is 27.5 Å². The van der Waals surface area contributed by atoms with Crippen molar-refractivity contribution in [3.05, 3.63) is 71.3 Å². The predicted octanol–water partition coefficient (Wildman–Crippen LogP) is 4.63. The van der Waals surface area contributed by atoms with Crippen LogP contribution in [0.2, 0.25) is 0 Å². The number of benzene rings is 1. The molecule has 156 valence electrons. The van der Waals surface area contributed by atoms with Crippen LogP contribution in [-0.2, 0) is 5.60 Å². The van der Waals surface area contributed by atoms with Crippen molar-refractivity contribution in [2.45, 2.75) is 70.7 Å². The van der Waals surface area contributed by atoms with E-state index in [4.69, 9.17) is 0 Å². The Morgan fingerprint density at radius 3 is 2.52 bits per heavy atom. The van der Waals surface area contributed by atoms with E-state index in [-0.39, 0.29) is 5.92 Å². The standard InChI is InChI=1S/C26H34O3/c1-19(15-16-22-13-9-10-14-23(22)26(3,4)29)11-7-5-6-8-12-21-17-24(27)20(2)25(28)18-21/h6,8-10,12-14,19,24-25,27-29H,2,5,7,11,17-18H2,1,3-4H3/b8-6+,21-12?/t19-,24-,25+/m1/s1. The number of allylic oxidation sites excluding steroid dienone is 3. The molecule has 1 aromatic carbocycles. The number of aliphatic hydroxyl groups is 3. The Hall–Kier alpha value is -2.12. The minimum Gasteiger partial charge on any atom is -0.388 e. The van der Waals surface area contributed by atoms with Crippen LogP contribution in [0.3, 0.4) is 0 Å². The van der Waals surface area contributed by atoms with Crippen LogP contribution >= 0.6 is 0 Å². The lowest BCUT2D eigenvalue weighted by molar-refractivity contribution is 0.0783. The second-order valence-electron chi connectivity index (χ2n) is 8.47. The van der Waals surface area contributed by atoms with Gasteiger partial charge in [-0.3, -0.25) is 0 Å². The summed E-state index contributed by atoms with van der Waals surface area (Å²) >= 11 is 0. The third-order valence-corrected chi connectivity index (χ3v) is 5.28. The lowest BCUT2D eigenvalue weighted by Crippen LogP contribution is -2.27. The Kier molecular flexibility index (Phi) is 8.46. The van der Waals surface area contributed by atoms with Gasteiger partial charge in [-0.15, -0.1) is 0 Å². The minimum absolute atomic E-state index is 0.284. The first kappa shape index (κ1) is 23.2. The molecule has 0 saturated heterocycles. The van der Waals surface area contributed by atoms with E-state index in [1.807, 2.05) is 36.4 Å². The van der Waals surface area contributed by atoms with E-state index in [1.165, 1.54) is 0 Å². The van der Waals surface area contributed by atoms with E-state index in [0.29, 0.717) is 18.4 Å². The van der Waals surface area contributed by atoms with Crippen molar-refractivity contribution < 1.29 is 15.3 Å². The molecule has 0 heterocycles. The van der Waals surface area contributed by atoms with E-state index in [2.05, 4.69) is 31.4 Å². The Morgan fingerprint density at radius 2 is 1.86 bits per heavy atom. The molecule has 0 unspecified atom stereocenters. The number of hydrogen-bond donors (Lipinski definition) is 3. The first-order chi connectivity index (χ1) is 13.7. The average Bonchev–Trinajstić information content (AvgIpc) is 2.66. The van der Waals surface area contributed by atoms with Crippen LogP contribution in [0.25, 0.3) is 0 Å². The molecule has 0 aromatic heterocycles. The summed E-state index contributed by atoms with van der Waals surface area (Å²) in [6.07, 6.45) is 8.98. The molecular formula is C26H34O3. The average molecular weight is 395 g/mol. The fraction of sp³-hybridized carbons (Fsp3) is 0.462. The first-order valence-corrected chi connectivity index (χ1v) is 10.4. The molecule has 3 nitrogen and oxygen atoms in total. The van der Waals surface area contributed by atoms with Gasteiger partial charge in [0.2, 0.25) is 0 Å². The molecule has 1 aliphatic rings. The van der Waals surface area contributed by atoms with Crippen molar-refractivity contribution in [2.24, 2.45) is 5.92 Å². The third-order valence-electron chi connectivity index (χ3n) is 5.28. The number of hydrogen-bond acceptors (Lipinski definition) is 3. The fourth-order valence-electron chi connectivity index (χ4n) is 3.44. The minimum atomic E-state index is -0.897. The molecule has 1 aliphatic carbocycles. The quantitative estimate of drug-likeness (QED) is 0.375. The van der Waals surface area contributed by atoms with Gasteiger partial charge in [-0.2, -0.15) is 0 Å². The molecule has 1 saturated carbocycles. The summed E-state index contributed by atoms with van der Waals surface area (Å²) < 4.78 is 0. The Bertz CT molecular complexity index is 798. The molecule has 0 radical (unpaired) electrons. The van der Waals surface area contributed by atoms with Crippen molar-refractivity contribution in [2.75, 3.05) is 0 Å². The summed E-state index contributed by atoms with van der Waals surface area (Å²) in [6, 6.07) is 7.75. The number of aliphatic hydroxyl groups excluding tert-OH is 2. The van der Waals surface area contributed by atoms with Gasteiger partial charge in [0.25, 0.3) is 0 Å². The highest BCUT2D eigenvalue weighted by Crippen LogP contribution is 2.27. The molecule has 2 rings (SSSR count). The molecule has 0 bridgehead atoms. The van der Waals surface area contributed by atoms with Crippen molar-refractivity contribution in [3.63, 3.8) is 0 Å². The zero-order chi connectivity index (χ0) is 21.4. The van der Waals surface area contributed by atoms with E-state index in [1.54, 1.807) is 13.8 Å². The van der Waals surface area contributed by atoms with Gasteiger partial charge in [0.1, 0.15) is 0 Å². The summed E-state index contributed by atoms with van der Waals surface area (Å²) in [4.78, 5) is 0. The molecular weight excluding hydrogens is 360 g/mol. The SMILES string of the molecule is C=C1[C@H](O)CC(=C/C=C/CCC[C@@H](C)C#Cc2ccccc2C(C)(C)O)C[C@@H]1O. The van der Waals surface area contributed by atoms with Crippen molar-refractivity contribution >= 4 is 0 Å². The van der Waals surface area contributed by atoms with Crippen LogP contribution in [0.1, 0.15) is 64.0 Å². The van der Waals surface area contributed by atoms with Crippen LogP contribution < -0.4 is 0 Å². The van der Waals surface area contributed by atoms with Gasteiger partial charge in [-0.05, 0) is 63.2 Å². The predicted molar refractivity (Wildman–Crippen MR) is 119 cm³/mol. The monoisotopic (exact) mass is 394 g/mol. The van der Waals surface area contributed by atoms with Crippen LogP contribution in [0.5, 0.6) is 0 Å². The van der Waals surface area contributed by atoms with Gasteiger partial charge < -0.3 is 15.3 Å². The maximum Gasteiger partial charge on any atom is 0.0852 e. The van der Waals surface area contributed by atoms with E-state index in [0.717, 1.165) is 36.0 Å². The maximum absolute atomic E-state index is 10.3. The van der Waals surface area contributed by atoms with Crippen molar-refractivity contribution in [1.29, 1.82) is 0 Å². The smallest absolute Gasteiger partial charge is 0.0852 e. The van der Waals surface area contributed by atoms with Crippen LogP contribution in [0, 0.1) is 17.8 Å². The summed E-state index contributed by atoms with van der Waals surface area (Å²) in [5.41, 5.74) is 2.42. The fourth-order valence-corrected chi connectivity index (χ4v) is 3.44. The molecule has 3 N–H and O–H groups in total. The van der Waals surface area contributed by atoms with Gasteiger partial charge in [0.15, 0.2) is 0 Å². The van der Waals surface area contributed by atoms with E-state index < -0.39 is 17.8 Å². The molecule has 3 heteroatoms. The summed E-state index contributed by atoms with van der Waals surface area (Å²) in [5, 5.41) is 30.0. The highest BCUT2D eigenvalue weighted by Gasteiger charge is 2.25. The lowest BCUT2D eigenvalue weighted by atomic mass is 9.86. The zero-order valence-corrected chi connectivity index (χ0v) is 17.9. The van der Waals surface area contributed by atoms with Crippen molar-refractivity contribution in [1.82, 2.24) is 0 Å². The summed E-state index contributed by atoms with van der Waals surface area (Å²) in [6.45, 7) is 9.42. The third kappa shape index (κ3) is 7.33. The van der Waals surface area contributed by atoms with Gasteiger partial charge in [-0.25, -0.2) is 0 Å². The largest absolute Gasteiger partial charge is 0.388 e. The van der Waals surface area contributed by atoms with Gasteiger partial charge in [0.05, 0.1) is 17.8 Å². The molecule has 0 spiro atoms. The number of unbranched alkanes of at least 4 members (excludes halogenated alkanes) is 1. The van der Waals surface area contributed by atoms with Gasteiger partial charge in [-0.1, -0.05) is 67.3 Å². The Labute approximate surface area is 175 Å². The summed E-state index contributed by atoms with van der Waals surface area (Å²) in [7, 11) is 0. The summed E-state index contributed by atoms with van der Waals surface area (Å²) in [5.74, 6) is 6.82. The maximum atomic E-state index is 10.3. The van der Waals surface area contributed by atoms with Crippen LogP contribution in [0.15, 0.2) is 60.2 Å². The Balaban J connectivity index is 1.80. The normalized spacial score (nSPS) is 22.6. The molecule has 0 amide bonds. The van der Waals surface area contributed by atoms with E-state index >= 15 is 0 Å². The van der Waals surface area contributed by atoms with Gasteiger partial charge >= 0.3 is 0 Å². The Morgan fingerprint density at radius 1 is 1.21 bits per heavy atom. The molecule has 1 aromatic rings. The molecule has 1 fully saturated rings.